The largest absolute Gasteiger partial charge is 0.469 e. The van der Waals surface area contributed by atoms with Gasteiger partial charge in [0.2, 0.25) is 0 Å². The monoisotopic (exact) mass is 432 g/mol. The zero-order chi connectivity index (χ0) is 22.6. The summed E-state index contributed by atoms with van der Waals surface area (Å²) in [5.41, 5.74) is 1.64. The fourth-order valence-electron chi connectivity index (χ4n) is 9.10. The summed E-state index contributed by atoms with van der Waals surface area (Å²) in [6.07, 6.45) is 10.6. The number of ether oxygens (including phenoxy) is 1. The summed E-state index contributed by atoms with van der Waals surface area (Å²) in [6, 6.07) is 0. The minimum Gasteiger partial charge on any atom is -0.469 e. The molecule has 0 aliphatic heterocycles. The molecule has 4 heteroatoms. The Morgan fingerprint density at radius 1 is 1.13 bits per heavy atom. The molecule has 4 saturated carbocycles. The lowest BCUT2D eigenvalue weighted by Crippen LogP contribution is -2.59. The van der Waals surface area contributed by atoms with E-state index >= 15 is 0 Å². The Morgan fingerprint density at radius 2 is 1.81 bits per heavy atom. The van der Waals surface area contributed by atoms with Gasteiger partial charge in [-0.1, -0.05) is 26.8 Å². The van der Waals surface area contributed by atoms with Gasteiger partial charge in [0, 0.05) is 6.42 Å². The van der Waals surface area contributed by atoms with Gasteiger partial charge in [-0.2, -0.15) is 0 Å². The number of carbonyl (C=O) groups is 1. The van der Waals surface area contributed by atoms with Crippen molar-refractivity contribution in [2.24, 2.45) is 46.3 Å². The van der Waals surface area contributed by atoms with E-state index in [1.165, 1.54) is 38.4 Å². The highest BCUT2D eigenvalue weighted by molar-refractivity contribution is 5.69. The van der Waals surface area contributed by atoms with E-state index in [-0.39, 0.29) is 29.0 Å². The fourth-order valence-corrected chi connectivity index (χ4v) is 9.10. The Labute approximate surface area is 188 Å². The molecule has 31 heavy (non-hydrogen) atoms. The lowest BCUT2D eigenvalue weighted by atomic mass is 9.42. The van der Waals surface area contributed by atoms with Gasteiger partial charge in [-0.3, -0.25) is 4.79 Å². The van der Waals surface area contributed by atoms with Gasteiger partial charge in [-0.15, -0.1) is 0 Å². The Hall–Kier alpha value is -0.870. The summed E-state index contributed by atoms with van der Waals surface area (Å²) in [5.74, 6) is 2.76. The molecule has 0 radical (unpaired) electrons. The van der Waals surface area contributed by atoms with Crippen LogP contribution in [0, 0.1) is 46.3 Å². The minimum atomic E-state index is -0.368. The van der Waals surface area contributed by atoms with Crippen molar-refractivity contribution in [1.29, 1.82) is 0 Å². The third kappa shape index (κ3) is 3.60. The summed E-state index contributed by atoms with van der Waals surface area (Å²) in [5, 5.41) is 22.1. The number of aliphatic hydroxyl groups excluding tert-OH is 2. The third-order valence-corrected chi connectivity index (χ3v) is 10.7. The number of hydrogen-bond donors (Lipinski definition) is 2. The number of methoxy groups -OCH3 is 1. The average Bonchev–Trinajstić information content (AvgIpc) is 3.10. The first-order valence-electron chi connectivity index (χ1n) is 12.8. The molecule has 4 aliphatic carbocycles. The Bertz CT molecular complexity index is 716. The first-order valence-corrected chi connectivity index (χ1v) is 12.8. The van der Waals surface area contributed by atoms with Crippen molar-refractivity contribution in [1.82, 2.24) is 0 Å². The molecular weight excluding hydrogens is 388 g/mol. The maximum Gasteiger partial charge on any atom is 0.305 e. The van der Waals surface area contributed by atoms with E-state index in [4.69, 9.17) is 4.74 Å². The van der Waals surface area contributed by atoms with Crippen LogP contribution in [0.15, 0.2) is 11.6 Å². The van der Waals surface area contributed by atoms with Crippen LogP contribution in [0.2, 0.25) is 0 Å². The SMILES string of the molecule is CC=C1[C@@H](O)[C@@H]2[C@H](CC[C@]3(C)[C@@H]([C@H](C)CCC(=O)OC)CC[C@@H]23)[C@@]2(C)CC[C@@H](O)C[C@@H]12. The van der Waals surface area contributed by atoms with Crippen molar-refractivity contribution in [3.63, 3.8) is 0 Å². The quantitative estimate of drug-likeness (QED) is 0.478. The van der Waals surface area contributed by atoms with E-state index < -0.39 is 0 Å². The van der Waals surface area contributed by atoms with Crippen LogP contribution in [0.1, 0.15) is 85.5 Å². The van der Waals surface area contributed by atoms with Crippen LogP contribution in [0.5, 0.6) is 0 Å². The molecule has 0 unspecified atom stereocenters. The summed E-state index contributed by atoms with van der Waals surface area (Å²) in [4.78, 5) is 11.7. The summed E-state index contributed by atoms with van der Waals surface area (Å²) in [7, 11) is 1.47. The van der Waals surface area contributed by atoms with Crippen molar-refractivity contribution >= 4 is 5.97 Å². The number of carbonyl (C=O) groups excluding carboxylic acids is 1. The van der Waals surface area contributed by atoms with Crippen molar-refractivity contribution in [2.75, 3.05) is 7.11 Å². The average molecular weight is 433 g/mol. The molecule has 0 heterocycles. The molecule has 0 aromatic carbocycles. The predicted molar refractivity (Wildman–Crippen MR) is 122 cm³/mol. The van der Waals surface area contributed by atoms with Crippen LogP contribution in [-0.2, 0) is 9.53 Å². The molecule has 0 spiro atoms. The smallest absolute Gasteiger partial charge is 0.305 e. The van der Waals surface area contributed by atoms with Gasteiger partial charge in [0.05, 0.1) is 19.3 Å². The standard InChI is InChI=1S/C27H44O4/c1-6-18-22-15-17(28)11-13-27(22,4)21-12-14-26(3)19(16(2)7-10-23(29)31-5)8-9-20(26)24(21)25(18)30/h6,16-17,19-22,24-25,28,30H,7-15H2,1-5H3/t16-,17-,19-,20+,21+,22+,24+,25-,26-,27-/m1/s1. The van der Waals surface area contributed by atoms with Crippen LogP contribution < -0.4 is 0 Å². The van der Waals surface area contributed by atoms with Gasteiger partial charge in [0.15, 0.2) is 0 Å². The molecule has 0 amide bonds. The molecular formula is C27H44O4. The zero-order valence-corrected chi connectivity index (χ0v) is 20.3. The van der Waals surface area contributed by atoms with Crippen LogP contribution >= 0.6 is 0 Å². The van der Waals surface area contributed by atoms with Crippen molar-refractivity contribution in [2.45, 2.75) is 97.7 Å². The molecule has 4 fully saturated rings. The maximum atomic E-state index is 11.7. The van der Waals surface area contributed by atoms with E-state index in [2.05, 4.69) is 33.8 Å². The summed E-state index contributed by atoms with van der Waals surface area (Å²) < 4.78 is 4.88. The second-order valence-electron chi connectivity index (χ2n) is 11.8. The first kappa shape index (κ1) is 23.3. The van der Waals surface area contributed by atoms with E-state index in [1.807, 2.05) is 0 Å². The number of aliphatic hydroxyl groups is 2. The number of rotatable bonds is 4. The molecule has 4 nitrogen and oxygen atoms in total. The maximum absolute atomic E-state index is 11.7. The van der Waals surface area contributed by atoms with Crippen molar-refractivity contribution in [3.05, 3.63) is 11.6 Å². The molecule has 4 aliphatic rings. The minimum absolute atomic E-state index is 0.103. The van der Waals surface area contributed by atoms with Gasteiger partial charge in [-0.25, -0.2) is 0 Å². The number of hydrogen-bond acceptors (Lipinski definition) is 4. The predicted octanol–water partition coefficient (Wildman–Crippen LogP) is 5.12. The number of esters is 1. The molecule has 0 bridgehead atoms. The van der Waals surface area contributed by atoms with Gasteiger partial charge < -0.3 is 14.9 Å². The van der Waals surface area contributed by atoms with E-state index in [0.29, 0.717) is 41.9 Å². The second kappa shape index (κ2) is 8.48. The van der Waals surface area contributed by atoms with Crippen LogP contribution in [0.25, 0.3) is 0 Å². The van der Waals surface area contributed by atoms with Gasteiger partial charge >= 0.3 is 5.97 Å². The van der Waals surface area contributed by atoms with Crippen LogP contribution in [0.3, 0.4) is 0 Å². The highest BCUT2D eigenvalue weighted by atomic mass is 16.5. The van der Waals surface area contributed by atoms with Crippen molar-refractivity contribution in [3.8, 4) is 0 Å². The second-order valence-corrected chi connectivity index (χ2v) is 11.8. The lowest BCUT2D eigenvalue weighted by molar-refractivity contribution is -0.148. The Balaban J connectivity index is 1.60. The lowest BCUT2D eigenvalue weighted by Gasteiger charge is -2.63. The summed E-state index contributed by atoms with van der Waals surface area (Å²) in [6.45, 7) is 9.35. The fraction of sp³-hybridized carbons (Fsp3) is 0.889. The van der Waals surface area contributed by atoms with E-state index in [0.717, 1.165) is 25.7 Å². The molecule has 176 valence electrons. The Morgan fingerprint density at radius 3 is 2.48 bits per heavy atom. The zero-order valence-electron chi connectivity index (χ0n) is 20.3. The molecule has 0 aromatic heterocycles. The third-order valence-electron chi connectivity index (χ3n) is 10.7. The van der Waals surface area contributed by atoms with E-state index in [1.54, 1.807) is 0 Å². The first-order chi connectivity index (χ1) is 14.7. The van der Waals surface area contributed by atoms with E-state index in [9.17, 15) is 15.0 Å². The Kier molecular flexibility index (Phi) is 6.37. The van der Waals surface area contributed by atoms with Crippen LogP contribution in [-0.4, -0.2) is 35.5 Å². The summed E-state index contributed by atoms with van der Waals surface area (Å²) >= 11 is 0. The molecule has 0 aromatic rings. The molecule has 0 saturated heterocycles. The van der Waals surface area contributed by atoms with Crippen molar-refractivity contribution < 1.29 is 19.7 Å². The highest BCUT2D eigenvalue weighted by Crippen LogP contribution is 2.69. The highest BCUT2D eigenvalue weighted by Gasteiger charge is 2.63. The molecule has 10 atom stereocenters. The molecule has 2 N–H and O–H groups in total. The molecule has 4 rings (SSSR count). The normalized spacial score (nSPS) is 49.1. The van der Waals surface area contributed by atoms with Gasteiger partial charge in [-0.05, 0) is 110 Å². The number of allylic oxidation sites excluding steroid dienone is 1. The topological polar surface area (TPSA) is 66.8 Å². The number of fused-ring (bicyclic) bond motifs is 5. The van der Waals surface area contributed by atoms with Gasteiger partial charge in [0.25, 0.3) is 0 Å². The van der Waals surface area contributed by atoms with Crippen LogP contribution in [0.4, 0.5) is 0 Å². The van der Waals surface area contributed by atoms with Gasteiger partial charge in [0.1, 0.15) is 0 Å².